The summed E-state index contributed by atoms with van der Waals surface area (Å²) in [6.07, 6.45) is 0. The zero-order chi connectivity index (χ0) is 16.6. The quantitative estimate of drug-likeness (QED) is 0.747. The van der Waals surface area contributed by atoms with Gasteiger partial charge in [0, 0.05) is 12.6 Å². The van der Waals surface area contributed by atoms with E-state index in [1.165, 1.54) is 11.9 Å². The van der Waals surface area contributed by atoms with Gasteiger partial charge in [-0.1, -0.05) is 42.5 Å². The number of likely N-dealkylation sites (N-methyl/N-ethyl adjacent to an activating group) is 1. The third-order valence-corrected chi connectivity index (χ3v) is 5.62. The lowest BCUT2D eigenvalue weighted by Crippen LogP contribution is -2.48. The molecule has 0 radical (unpaired) electrons. The molecule has 118 valence electrons. The van der Waals surface area contributed by atoms with Crippen molar-refractivity contribution in [3.05, 3.63) is 70.8 Å². The average molecular weight is 318 g/mol. The number of fused-ring (bicyclic) bond motifs is 7. The lowest BCUT2D eigenvalue weighted by Gasteiger charge is -2.32. The molecule has 3 atom stereocenters. The number of rotatable bonds is 0. The van der Waals surface area contributed by atoms with Crippen molar-refractivity contribution in [1.82, 2.24) is 10.2 Å². The predicted molar refractivity (Wildman–Crippen MR) is 85.1 cm³/mol. The standard InChI is InChI=1S/C19H14N2O3/c1-21-17(23)14-10-6-2-4-8-12(10)19(15(14)18(21)24)13-9-5-3-7-11(13)16(22)20-19/h2-9,14-15H,1H3,(H,20,22). The van der Waals surface area contributed by atoms with Gasteiger partial charge in [-0.05, 0) is 22.8 Å². The van der Waals surface area contributed by atoms with Gasteiger partial charge in [0.2, 0.25) is 11.8 Å². The van der Waals surface area contributed by atoms with E-state index in [-0.39, 0.29) is 17.7 Å². The number of benzene rings is 2. The number of carbonyl (C=O) groups is 3. The van der Waals surface area contributed by atoms with Crippen LogP contribution in [0.15, 0.2) is 48.5 Å². The van der Waals surface area contributed by atoms with Gasteiger partial charge in [-0.2, -0.15) is 0 Å². The van der Waals surface area contributed by atoms with Crippen LogP contribution in [0.2, 0.25) is 0 Å². The van der Waals surface area contributed by atoms with Crippen LogP contribution in [0.1, 0.15) is 33.0 Å². The van der Waals surface area contributed by atoms with Crippen molar-refractivity contribution < 1.29 is 14.4 Å². The van der Waals surface area contributed by atoms with E-state index >= 15 is 0 Å². The second kappa shape index (κ2) is 4.12. The average Bonchev–Trinajstić information content (AvgIpc) is 3.15. The highest BCUT2D eigenvalue weighted by molar-refractivity contribution is 6.12. The Morgan fingerprint density at radius 2 is 1.58 bits per heavy atom. The Kier molecular flexibility index (Phi) is 2.31. The van der Waals surface area contributed by atoms with E-state index in [1.807, 2.05) is 42.5 Å². The van der Waals surface area contributed by atoms with Gasteiger partial charge in [-0.15, -0.1) is 0 Å². The zero-order valence-corrected chi connectivity index (χ0v) is 12.9. The van der Waals surface area contributed by atoms with Crippen LogP contribution in [0.25, 0.3) is 0 Å². The molecule has 1 aliphatic carbocycles. The molecule has 1 spiro atoms. The fraction of sp³-hybridized carbons (Fsp3) is 0.211. The largest absolute Gasteiger partial charge is 0.337 e. The van der Waals surface area contributed by atoms with Crippen LogP contribution in [0, 0.1) is 5.92 Å². The molecule has 2 aromatic rings. The highest BCUT2D eigenvalue weighted by Crippen LogP contribution is 2.58. The molecular formula is C19H14N2O3. The van der Waals surface area contributed by atoms with Crippen molar-refractivity contribution in [2.75, 3.05) is 7.05 Å². The van der Waals surface area contributed by atoms with E-state index < -0.39 is 17.4 Å². The van der Waals surface area contributed by atoms with Crippen LogP contribution in [-0.4, -0.2) is 29.7 Å². The molecule has 1 N–H and O–H groups in total. The van der Waals surface area contributed by atoms with Crippen molar-refractivity contribution in [3.63, 3.8) is 0 Å². The first kappa shape index (κ1) is 13.5. The number of nitrogens with one attached hydrogen (secondary N) is 1. The lowest BCUT2D eigenvalue weighted by atomic mass is 9.77. The SMILES string of the molecule is CN1C(=O)C2c3ccccc3C3(NC(=O)c4ccccc43)C2C1=O. The Bertz CT molecular complexity index is 951. The Morgan fingerprint density at radius 3 is 2.38 bits per heavy atom. The van der Waals surface area contributed by atoms with E-state index in [1.54, 1.807) is 6.07 Å². The first-order valence-electron chi connectivity index (χ1n) is 7.90. The Labute approximate surface area is 138 Å². The summed E-state index contributed by atoms with van der Waals surface area (Å²) in [5.41, 5.74) is 2.09. The van der Waals surface area contributed by atoms with Crippen LogP contribution in [0.4, 0.5) is 0 Å². The minimum absolute atomic E-state index is 0.198. The molecule has 0 bridgehead atoms. The Balaban J connectivity index is 1.88. The van der Waals surface area contributed by atoms with Crippen LogP contribution in [0.3, 0.4) is 0 Å². The second-order valence-corrected chi connectivity index (χ2v) is 6.59. The molecule has 3 aliphatic rings. The van der Waals surface area contributed by atoms with E-state index in [9.17, 15) is 14.4 Å². The molecule has 5 heteroatoms. The molecule has 1 saturated heterocycles. The predicted octanol–water partition coefficient (Wildman–Crippen LogP) is 1.39. The number of hydrogen-bond donors (Lipinski definition) is 1. The summed E-state index contributed by atoms with van der Waals surface area (Å²) in [4.78, 5) is 39.4. The molecule has 1 fully saturated rings. The van der Waals surface area contributed by atoms with Crippen LogP contribution < -0.4 is 5.32 Å². The minimum Gasteiger partial charge on any atom is -0.337 e. The van der Waals surface area contributed by atoms with Gasteiger partial charge in [0.15, 0.2) is 0 Å². The fourth-order valence-electron chi connectivity index (χ4n) is 4.65. The first-order chi connectivity index (χ1) is 11.6. The summed E-state index contributed by atoms with van der Waals surface area (Å²) in [5, 5.41) is 3.06. The molecular weight excluding hydrogens is 304 g/mol. The van der Waals surface area contributed by atoms with Crippen LogP contribution >= 0.6 is 0 Å². The number of likely N-dealkylation sites (tertiary alicyclic amines) is 1. The summed E-state index contributed by atoms with van der Waals surface area (Å²) in [6, 6.07) is 14.9. The molecule has 2 aromatic carbocycles. The van der Waals surface area contributed by atoms with Gasteiger partial charge in [0.05, 0.1) is 11.8 Å². The normalized spacial score (nSPS) is 29.7. The monoisotopic (exact) mass is 318 g/mol. The van der Waals surface area contributed by atoms with E-state index in [4.69, 9.17) is 0 Å². The zero-order valence-electron chi connectivity index (χ0n) is 12.9. The van der Waals surface area contributed by atoms with Crippen LogP contribution in [0.5, 0.6) is 0 Å². The highest BCUT2D eigenvalue weighted by atomic mass is 16.2. The highest BCUT2D eigenvalue weighted by Gasteiger charge is 2.66. The molecule has 3 unspecified atom stereocenters. The molecule has 0 aromatic heterocycles. The van der Waals surface area contributed by atoms with E-state index in [0.717, 1.165) is 16.7 Å². The molecule has 0 saturated carbocycles. The molecule has 5 nitrogen and oxygen atoms in total. The van der Waals surface area contributed by atoms with E-state index in [2.05, 4.69) is 5.32 Å². The Morgan fingerprint density at radius 1 is 0.917 bits per heavy atom. The molecule has 2 aliphatic heterocycles. The van der Waals surface area contributed by atoms with Crippen molar-refractivity contribution in [2.45, 2.75) is 11.5 Å². The van der Waals surface area contributed by atoms with Gasteiger partial charge in [0.1, 0.15) is 5.54 Å². The molecule has 2 heterocycles. The summed E-state index contributed by atoms with van der Waals surface area (Å²) < 4.78 is 0. The maximum absolute atomic E-state index is 12.9. The number of imide groups is 1. The number of amides is 3. The smallest absolute Gasteiger partial charge is 0.252 e. The molecule has 24 heavy (non-hydrogen) atoms. The van der Waals surface area contributed by atoms with Gasteiger partial charge in [0.25, 0.3) is 5.91 Å². The summed E-state index contributed by atoms with van der Waals surface area (Å²) in [5.74, 6) is -1.80. The summed E-state index contributed by atoms with van der Waals surface area (Å²) in [7, 11) is 1.52. The third kappa shape index (κ3) is 1.26. The van der Waals surface area contributed by atoms with Gasteiger partial charge >= 0.3 is 0 Å². The summed E-state index contributed by atoms with van der Waals surface area (Å²) >= 11 is 0. The third-order valence-electron chi connectivity index (χ3n) is 5.62. The molecule has 3 amide bonds. The second-order valence-electron chi connectivity index (χ2n) is 6.59. The molecule has 5 rings (SSSR count). The first-order valence-corrected chi connectivity index (χ1v) is 7.90. The number of carbonyl (C=O) groups excluding carboxylic acids is 3. The maximum atomic E-state index is 12.9. The minimum atomic E-state index is -0.952. The van der Waals surface area contributed by atoms with Gasteiger partial charge < -0.3 is 5.32 Å². The van der Waals surface area contributed by atoms with Gasteiger partial charge in [-0.3, -0.25) is 19.3 Å². The van der Waals surface area contributed by atoms with Gasteiger partial charge in [-0.25, -0.2) is 0 Å². The fourth-order valence-corrected chi connectivity index (χ4v) is 4.65. The lowest BCUT2D eigenvalue weighted by molar-refractivity contribution is -0.138. The Hall–Kier alpha value is -2.95. The number of nitrogens with zero attached hydrogens (tertiary/aromatic N) is 1. The summed E-state index contributed by atoms with van der Waals surface area (Å²) in [6.45, 7) is 0. The maximum Gasteiger partial charge on any atom is 0.252 e. The van der Waals surface area contributed by atoms with Crippen molar-refractivity contribution in [1.29, 1.82) is 0 Å². The van der Waals surface area contributed by atoms with Crippen molar-refractivity contribution in [3.8, 4) is 0 Å². The van der Waals surface area contributed by atoms with Crippen LogP contribution in [-0.2, 0) is 15.1 Å². The topological polar surface area (TPSA) is 66.5 Å². The van der Waals surface area contributed by atoms with E-state index in [0.29, 0.717) is 5.56 Å². The number of hydrogen-bond acceptors (Lipinski definition) is 3. The van der Waals surface area contributed by atoms with Crippen molar-refractivity contribution in [2.24, 2.45) is 5.92 Å². The van der Waals surface area contributed by atoms with Crippen molar-refractivity contribution >= 4 is 17.7 Å².